The summed E-state index contributed by atoms with van der Waals surface area (Å²) < 4.78 is 1.79. The Labute approximate surface area is 171 Å². The number of carbonyl (C=O) groups is 2. The number of likely N-dealkylation sites (tertiary alicyclic amines) is 1. The van der Waals surface area contributed by atoms with E-state index < -0.39 is 11.3 Å². The van der Waals surface area contributed by atoms with Gasteiger partial charge in [0.15, 0.2) is 0 Å². The lowest BCUT2D eigenvalue weighted by molar-refractivity contribution is 0.0680. The number of amides is 2. The Hall–Kier alpha value is -2.89. The van der Waals surface area contributed by atoms with Crippen molar-refractivity contribution in [2.75, 3.05) is 19.6 Å². The number of pyridine rings is 1. The molecule has 0 unspecified atom stereocenters. The number of aryl methyl sites for hydroxylation is 2. The van der Waals surface area contributed by atoms with E-state index in [1.165, 1.54) is 0 Å². The highest BCUT2D eigenvalue weighted by molar-refractivity contribution is 5.99. The molecule has 1 aliphatic heterocycles. The van der Waals surface area contributed by atoms with Gasteiger partial charge in [0.05, 0.1) is 0 Å². The van der Waals surface area contributed by atoms with Crippen LogP contribution in [0.15, 0.2) is 47.5 Å². The Bertz CT molecular complexity index is 921. The molecule has 1 aliphatic rings. The van der Waals surface area contributed by atoms with E-state index >= 15 is 0 Å². The van der Waals surface area contributed by atoms with Crippen LogP contribution >= 0.6 is 0 Å². The van der Waals surface area contributed by atoms with Crippen molar-refractivity contribution >= 4 is 11.8 Å². The average Bonchev–Trinajstić information content (AvgIpc) is 2.73. The number of benzene rings is 1. The van der Waals surface area contributed by atoms with Gasteiger partial charge in [-0.05, 0) is 37.7 Å². The molecule has 0 bridgehead atoms. The maximum atomic E-state index is 13.1. The number of hydrogen-bond donors (Lipinski definition) is 1. The summed E-state index contributed by atoms with van der Waals surface area (Å²) in [5.74, 6) is -0.298. The van der Waals surface area contributed by atoms with Crippen LogP contribution in [0.5, 0.6) is 0 Å². The van der Waals surface area contributed by atoms with Gasteiger partial charge in [-0.2, -0.15) is 0 Å². The molecule has 0 radical (unpaired) electrons. The van der Waals surface area contributed by atoms with E-state index in [4.69, 9.17) is 0 Å². The molecule has 1 N–H and O–H groups in total. The van der Waals surface area contributed by atoms with Gasteiger partial charge < -0.3 is 14.8 Å². The third-order valence-electron chi connectivity index (χ3n) is 5.34. The summed E-state index contributed by atoms with van der Waals surface area (Å²) in [7, 11) is 0. The number of nitrogens with one attached hydrogen (secondary N) is 1. The number of hydrogen-bond acceptors (Lipinski definition) is 3. The van der Waals surface area contributed by atoms with E-state index in [9.17, 15) is 14.4 Å². The number of piperidine rings is 1. The largest absolute Gasteiger partial charge is 0.352 e. The second kappa shape index (κ2) is 9.54. The normalized spacial score (nSPS) is 16.5. The van der Waals surface area contributed by atoms with Crippen LogP contribution in [0.4, 0.5) is 0 Å². The molecule has 6 heteroatoms. The van der Waals surface area contributed by atoms with E-state index in [1.807, 2.05) is 30.3 Å². The van der Waals surface area contributed by atoms with Crippen molar-refractivity contribution in [1.82, 2.24) is 14.8 Å². The highest BCUT2D eigenvalue weighted by Gasteiger charge is 2.26. The summed E-state index contributed by atoms with van der Waals surface area (Å²) in [6, 6.07) is 10.00. The fourth-order valence-electron chi connectivity index (χ4n) is 3.78. The molecule has 0 saturated carbocycles. The molecule has 2 amide bonds. The first-order valence-corrected chi connectivity index (χ1v) is 10.3. The fraction of sp³-hybridized carbons (Fsp3) is 0.435. The first kappa shape index (κ1) is 20.8. The molecular weight excluding hydrogens is 366 g/mol. The van der Waals surface area contributed by atoms with Crippen LogP contribution < -0.4 is 10.7 Å². The van der Waals surface area contributed by atoms with Crippen molar-refractivity contribution in [3.63, 3.8) is 0 Å². The van der Waals surface area contributed by atoms with Crippen molar-refractivity contribution in [1.29, 1.82) is 0 Å². The topological polar surface area (TPSA) is 71.4 Å². The zero-order valence-electron chi connectivity index (χ0n) is 17.2. The quantitative estimate of drug-likeness (QED) is 0.817. The summed E-state index contributed by atoms with van der Waals surface area (Å²) >= 11 is 0. The smallest absolute Gasteiger partial charge is 0.259 e. The number of aromatic nitrogens is 1. The summed E-state index contributed by atoms with van der Waals surface area (Å²) in [5, 5.41) is 2.68. The molecule has 29 heavy (non-hydrogen) atoms. The van der Waals surface area contributed by atoms with Gasteiger partial charge in [-0.15, -0.1) is 0 Å². The van der Waals surface area contributed by atoms with Gasteiger partial charge in [0, 0.05) is 38.6 Å². The monoisotopic (exact) mass is 395 g/mol. The Balaban J connectivity index is 1.92. The van der Waals surface area contributed by atoms with Crippen molar-refractivity contribution in [3.05, 3.63) is 69.6 Å². The van der Waals surface area contributed by atoms with Crippen molar-refractivity contribution in [2.45, 2.75) is 39.7 Å². The molecule has 154 valence electrons. The number of nitrogens with zero attached hydrogens (tertiary/aromatic N) is 2. The predicted octanol–water partition coefficient (Wildman–Crippen LogP) is 2.71. The van der Waals surface area contributed by atoms with Gasteiger partial charge in [0.25, 0.3) is 11.8 Å². The molecule has 0 aliphatic carbocycles. The molecule has 0 spiro atoms. The number of rotatable bonds is 6. The standard InChI is InChI=1S/C23H29N3O3/c1-3-24-22(28)19-15-25(13-11-18-9-5-4-6-10-18)16-20(21(19)27)23(29)26-12-7-8-17(2)14-26/h4-6,9-10,15-17H,3,7-8,11-14H2,1-2H3,(H,24,28)/t17-/m1/s1. The minimum absolute atomic E-state index is 0.0239. The van der Waals surface area contributed by atoms with Crippen LogP contribution in [0.1, 0.15) is 53.0 Å². The lowest BCUT2D eigenvalue weighted by Gasteiger charge is -2.31. The first-order chi connectivity index (χ1) is 14.0. The summed E-state index contributed by atoms with van der Waals surface area (Å²) in [5.41, 5.74) is 0.769. The summed E-state index contributed by atoms with van der Waals surface area (Å²) in [4.78, 5) is 40.3. The Morgan fingerprint density at radius 3 is 2.55 bits per heavy atom. The molecule has 1 aromatic heterocycles. The molecule has 1 aromatic carbocycles. The van der Waals surface area contributed by atoms with Gasteiger partial charge in [-0.25, -0.2) is 0 Å². The van der Waals surface area contributed by atoms with Crippen LogP contribution in [0.3, 0.4) is 0 Å². The lowest BCUT2D eigenvalue weighted by atomic mass is 9.99. The molecule has 1 saturated heterocycles. The first-order valence-electron chi connectivity index (χ1n) is 10.3. The summed E-state index contributed by atoms with van der Waals surface area (Å²) in [6.07, 6.45) is 5.93. The van der Waals surface area contributed by atoms with Crippen LogP contribution in [0, 0.1) is 5.92 Å². The van der Waals surface area contributed by atoms with Crippen LogP contribution in [0.25, 0.3) is 0 Å². The van der Waals surface area contributed by atoms with Gasteiger partial charge >= 0.3 is 0 Å². The minimum Gasteiger partial charge on any atom is -0.352 e. The third-order valence-corrected chi connectivity index (χ3v) is 5.34. The third kappa shape index (κ3) is 5.13. The predicted molar refractivity (Wildman–Crippen MR) is 113 cm³/mol. The van der Waals surface area contributed by atoms with E-state index in [-0.39, 0.29) is 17.0 Å². The molecule has 2 heterocycles. The fourth-order valence-corrected chi connectivity index (χ4v) is 3.78. The maximum absolute atomic E-state index is 13.1. The van der Waals surface area contributed by atoms with E-state index in [1.54, 1.807) is 28.8 Å². The Kier molecular flexibility index (Phi) is 6.86. The highest BCUT2D eigenvalue weighted by Crippen LogP contribution is 2.17. The van der Waals surface area contributed by atoms with Gasteiger partial charge in [-0.1, -0.05) is 37.3 Å². The van der Waals surface area contributed by atoms with E-state index in [0.29, 0.717) is 32.1 Å². The molecule has 2 aromatic rings. The molecular formula is C23H29N3O3. The second-order valence-electron chi connectivity index (χ2n) is 7.75. The van der Waals surface area contributed by atoms with Crippen molar-refractivity contribution in [3.8, 4) is 0 Å². The zero-order chi connectivity index (χ0) is 20.8. The summed E-state index contributed by atoms with van der Waals surface area (Å²) in [6.45, 7) is 6.21. The van der Waals surface area contributed by atoms with E-state index in [2.05, 4.69) is 12.2 Å². The van der Waals surface area contributed by atoms with Gasteiger partial charge in [-0.3, -0.25) is 14.4 Å². The average molecular weight is 396 g/mol. The zero-order valence-corrected chi connectivity index (χ0v) is 17.2. The van der Waals surface area contributed by atoms with Crippen LogP contribution in [-0.2, 0) is 13.0 Å². The van der Waals surface area contributed by atoms with Gasteiger partial charge in [0.2, 0.25) is 5.43 Å². The second-order valence-corrected chi connectivity index (χ2v) is 7.75. The SMILES string of the molecule is CCNC(=O)c1cn(CCc2ccccc2)cc(C(=O)N2CCC[C@@H](C)C2)c1=O. The van der Waals surface area contributed by atoms with Crippen LogP contribution in [0.2, 0.25) is 0 Å². The van der Waals surface area contributed by atoms with Crippen molar-refractivity contribution in [2.24, 2.45) is 5.92 Å². The van der Waals surface area contributed by atoms with E-state index in [0.717, 1.165) is 24.8 Å². The Morgan fingerprint density at radius 1 is 1.14 bits per heavy atom. The maximum Gasteiger partial charge on any atom is 0.259 e. The molecule has 1 atom stereocenters. The highest BCUT2D eigenvalue weighted by atomic mass is 16.2. The lowest BCUT2D eigenvalue weighted by Crippen LogP contribution is -2.42. The molecule has 1 fully saturated rings. The molecule has 3 rings (SSSR count). The Morgan fingerprint density at radius 2 is 1.86 bits per heavy atom. The van der Waals surface area contributed by atoms with Crippen molar-refractivity contribution < 1.29 is 9.59 Å². The van der Waals surface area contributed by atoms with Crippen LogP contribution in [-0.4, -0.2) is 40.9 Å². The number of carbonyl (C=O) groups excluding carboxylic acids is 2. The molecule has 6 nitrogen and oxygen atoms in total. The minimum atomic E-state index is -0.491. The van der Waals surface area contributed by atoms with Gasteiger partial charge in [0.1, 0.15) is 11.1 Å².